The third-order valence-corrected chi connectivity index (χ3v) is 7.77. The van der Waals surface area contributed by atoms with Gasteiger partial charge in [0.2, 0.25) is 0 Å². The first-order chi connectivity index (χ1) is 15.4. The minimum atomic E-state index is -0.110. The van der Waals surface area contributed by atoms with Crippen molar-refractivity contribution in [2.45, 2.75) is 64.4 Å². The van der Waals surface area contributed by atoms with Gasteiger partial charge in [0.1, 0.15) is 24.7 Å². The zero-order valence-electron chi connectivity index (χ0n) is 19.5. The van der Waals surface area contributed by atoms with Gasteiger partial charge < -0.3 is 14.2 Å². The SMILES string of the molecule is COc1c(C(C)C)cc(OCc2ccccc2)c2c1CC[C@H]1C3=C(CC[C@]21C)C(=O)OC3. The lowest BCUT2D eigenvalue weighted by atomic mass is 9.56. The molecule has 4 heteroatoms. The Morgan fingerprint density at radius 2 is 1.97 bits per heavy atom. The molecule has 2 atom stereocenters. The second-order valence-corrected chi connectivity index (χ2v) is 9.87. The third kappa shape index (κ3) is 3.23. The minimum Gasteiger partial charge on any atom is -0.496 e. The fourth-order valence-electron chi connectivity index (χ4n) is 6.15. The summed E-state index contributed by atoms with van der Waals surface area (Å²) >= 11 is 0. The van der Waals surface area contributed by atoms with Gasteiger partial charge in [-0.05, 0) is 54.7 Å². The first-order valence-electron chi connectivity index (χ1n) is 11.7. The number of methoxy groups -OCH3 is 1. The lowest BCUT2D eigenvalue weighted by Gasteiger charge is -2.47. The molecule has 0 N–H and O–H groups in total. The molecule has 3 aliphatic rings. The van der Waals surface area contributed by atoms with Crippen molar-refractivity contribution in [1.82, 2.24) is 0 Å². The predicted molar refractivity (Wildman–Crippen MR) is 124 cm³/mol. The summed E-state index contributed by atoms with van der Waals surface area (Å²) in [6.45, 7) is 7.75. The monoisotopic (exact) mass is 432 g/mol. The van der Waals surface area contributed by atoms with Crippen LogP contribution in [0.3, 0.4) is 0 Å². The summed E-state index contributed by atoms with van der Waals surface area (Å²) in [5.74, 6) is 2.51. The molecular weight excluding hydrogens is 400 g/mol. The lowest BCUT2D eigenvalue weighted by molar-refractivity contribution is -0.136. The van der Waals surface area contributed by atoms with E-state index in [2.05, 4.69) is 39.0 Å². The van der Waals surface area contributed by atoms with Crippen molar-refractivity contribution in [3.63, 3.8) is 0 Å². The number of carbonyl (C=O) groups excluding carboxylic acids is 1. The maximum Gasteiger partial charge on any atom is 0.334 e. The molecule has 0 saturated heterocycles. The second-order valence-electron chi connectivity index (χ2n) is 9.87. The molecule has 0 saturated carbocycles. The Morgan fingerprint density at radius 3 is 2.69 bits per heavy atom. The van der Waals surface area contributed by atoms with Crippen molar-refractivity contribution < 1.29 is 19.0 Å². The van der Waals surface area contributed by atoms with Crippen LogP contribution < -0.4 is 9.47 Å². The van der Waals surface area contributed by atoms with Crippen molar-refractivity contribution in [3.05, 3.63) is 69.8 Å². The summed E-state index contributed by atoms with van der Waals surface area (Å²) in [6, 6.07) is 12.5. The topological polar surface area (TPSA) is 44.8 Å². The second kappa shape index (κ2) is 7.99. The van der Waals surface area contributed by atoms with Crippen LogP contribution in [0.5, 0.6) is 11.5 Å². The van der Waals surface area contributed by atoms with Gasteiger partial charge >= 0.3 is 5.97 Å². The summed E-state index contributed by atoms with van der Waals surface area (Å²) in [5, 5.41) is 0. The number of esters is 1. The Hall–Kier alpha value is -2.75. The number of carbonyl (C=O) groups is 1. The van der Waals surface area contributed by atoms with Gasteiger partial charge in [0.15, 0.2) is 0 Å². The summed E-state index contributed by atoms with van der Waals surface area (Å²) in [5.41, 5.74) is 6.96. The van der Waals surface area contributed by atoms with E-state index >= 15 is 0 Å². The Bertz CT molecular complexity index is 1080. The molecule has 0 aromatic heterocycles. The molecule has 2 aliphatic carbocycles. The third-order valence-electron chi connectivity index (χ3n) is 7.77. The van der Waals surface area contributed by atoms with E-state index in [-0.39, 0.29) is 11.4 Å². The standard InChI is InChI=1S/C28H32O4/c1-17(2)21-14-24(31-15-18-8-6-5-7-9-18)25-20(26(21)30-4)10-11-23-22-16-32-27(29)19(22)12-13-28(23,25)3/h5-9,14,17,23H,10-13,15-16H2,1-4H3/t23-,28-/m0/s1. The summed E-state index contributed by atoms with van der Waals surface area (Å²) in [7, 11) is 1.78. The average molecular weight is 433 g/mol. The predicted octanol–water partition coefficient (Wildman–Crippen LogP) is 5.86. The molecule has 1 aliphatic heterocycles. The largest absolute Gasteiger partial charge is 0.496 e. The van der Waals surface area contributed by atoms with Crippen LogP contribution in [0.1, 0.15) is 68.2 Å². The number of hydrogen-bond donors (Lipinski definition) is 0. The van der Waals surface area contributed by atoms with Crippen molar-refractivity contribution >= 4 is 5.97 Å². The maximum absolute atomic E-state index is 12.3. The first kappa shape index (κ1) is 21.1. The zero-order chi connectivity index (χ0) is 22.5. The van der Waals surface area contributed by atoms with Crippen LogP contribution in [0.4, 0.5) is 0 Å². The smallest absolute Gasteiger partial charge is 0.334 e. The highest BCUT2D eigenvalue weighted by Crippen LogP contribution is 2.58. The summed E-state index contributed by atoms with van der Waals surface area (Å²) in [6.07, 6.45) is 3.62. The van der Waals surface area contributed by atoms with Gasteiger partial charge in [-0.1, -0.05) is 51.1 Å². The van der Waals surface area contributed by atoms with Crippen LogP contribution in [0.25, 0.3) is 0 Å². The van der Waals surface area contributed by atoms with E-state index in [0.717, 1.165) is 48.3 Å². The highest BCUT2D eigenvalue weighted by atomic mass is 16.5. The Kier molecular flexibility index (Phi) is 5.27. The molecule has 0 spiro atoms. The molecule has 1 heterocycles. The van der Waals surface area contributed by atoms with E-state index in [1.807, 2.05) is 18.2 Å². The number of hydrogen-bond acceptors (Lipinski definition) is 4. The Morgan fingerprint density at radius 1 is 1.19 bits per heavy atom. The molecule has 0 radical (unpaired) electrons. The lowest BCUT2D eigenvalue weighted by Crippen LogP contribution is -2.41. The van der Waals surface area contributed by atoms with E-state index in [4.69, 9.17) is 14.2 Å². The van der Waals surface area contributed by atoms with Crippen LogP contribution in [-0.4, -0.2) is 19.7 Å². The van der Waals surface area contributed by atoms with Gasteiger partial charge in [0, 0.05) is 27.7 Å². The minimum absolute atomic E-state index is 0.102. The van der Waals surface area contributed by atoms with E-state index in [1.54, 1.807) is 7.11 Å². The molecule has 5 rings (SSSR count). The molecule has 2 aromatic rings. The molecule has 0 bridgehead atoms. The van der Waals surface area contributed by atoms with Crippen LogP contribution in [0.15, 0.2) is 47.5 Å². The van der Waals surface area contributed by atoms with Crippen molar-refractivity contribution in [1.29, 1.82) is 0 Å². The fourth-order valence-corrected chi connectivity index (χ4v) is 6.15. The van der Waals surface area contributed by atoms with Gasteiger partial charge in [0.05, 0.1) is 7.11 Å². The van der Waals surface area contributed by atoms with Gasteiger partial charge in [0.25, 0.3) is 0 Å². The van der Waals surface area contributed by atoms with Crippen molar-refractivity contribution in [2.75, 3.05) is 13.7 Å². The normalized spacial score (nSPS) is 24.0. The van der Waals surface area contributed by atoms with E-state index < -0.39 is 0 Å². The molecule has 0 fully saturated rings. The maximum atomic E-state index is 12.3. The first-order valence-corrected chi connectivity index (χ1v) is 11.7. The number of cyclic esters (lactones) is 1. The average Bonchev–Trinajstić information content (AvgIpc) is 3.17. The molecule has 168 valence electrons. The van der Waals surface area contributed by atoms with Crippen molar-refractivity contribution in [2.24, 2.45) is 5.92 Å². The number of rotatable bonds is 5. The van der Waals surface area contributed by atoms with Gasteiger partial charge in [-0.25, -0.2) is 4.79 Å². The number of ether oxygens (including phenoxy) is 3. The number of fused-ring (bicyclic) bond motifs is 4. The van der Waals surface area contributed by atoms with Crippen LogP contribution in [-0.2, 0) is 28.0 Å². The molecule has 32 heavy (non-hydrogen) atoms. The molecular formula is C28H32O4. The van der Waals surface area contributed by atoms with E-state index in [9.17, 15) is 4.79 Å². The Labute approximate surface area is 190 Å². The van der Waals surface area contributed by atoms with E-state index in [1.165, 1.54) is 22.3 Å². The summed E-state index contributed by atoms with van der Waals surface area (Å²) in [4.78, 5) is 12.3. The zero-order valence-corrected chi connectivity index (χ0v) is 19.5. The fraction of sp³-hybridized carbons (Fsp3) is 0.464. The highest BCUT2D eigenvalue weighted by Gasteiger charge is 2.50. The van der Waals surface area contributed by atoms with E-state index in [0.29, 0.717) is 25.0 Å². The van der Waals surface area contributed by atoms with Gasteiger partial charge in [-0.15, -0.1) is 0 Å². The van der Waals surface area contributed by atoms with Crippen LogP contribution in [0.2, 0.25) is 0 Å². The molecule has 2 aromatic carbocycles. The van der Waals surface area contributed by atoms with Gasteiger partial charge in [-0.3, -0.25) is 0 Å². The quantitative estimate of drug-likeness (QED) is 0.555. The Balaban J connectivity index is 1.64. The molecule has 0 unspecified atom stereocenters. The molecule has 0 amide bonds. The molecule has 4 nitrogen and oxygen atoms in total. The van der Waals surface area contributed by atoms with Gasteiger partial charge in [-0.2, -0.15) is 0 Å². The summed E-state index contributed by atoms with van der Waals surface area (Å²) < 4.78 is 18.0. The number of benzene rings is 2. The van der Waals surface area contributed by atoms with Crippen molar-refractivity contribution in [3.8, 4) is 11.5 Å². The van der Waals surface area contributed by atoms with Crippen LogP contribution in [0, 0.1) is 5.92 Å². The van der Waals surface area contributed by atoms with Crippen LogP contribution >= 0.6 is 0 Å². The highest BCUT2D eigenvalue weighted by molar-refractivity contribution is 5.92.